The molecule has 0 N–H and O–H groups in total. The van der Waals surface area contributed by atoms with Crippen molar-refractivity contribution < 1.29 is 0 Å². The van der Waals surface area contributed by atoms with Crippen LogP contribution in [0.25, 0.3) is 0 Å². The summed E-state index contributed by atoms with van der Waals surface area (Å²) in [5.74, 6) is 1.66. The SMILES string of the molecule is CCCCCCCCCC(CCCCCC)(C(C)C)C(C)C. The summed E-state index contributed by atoms with van der Waals surface area (Å²) in [7, 11) is 0. The van der Waals surface area contributed by atoms with Crippen molar-refractivity contribution in [3.8, 4) is 0 Å². The second-order valence-corrected chi connectivity index (χ2v) is 8.22. The lowest BCUT2D eigenvalue weighted by atomic mass is 9.63. The fraction of sp³-hybridized carbons (Fsp3) is 1.00. The van der Waals surface area contributed by atoms with Gasteiger partial charge in [0, 0.05) is 0 Å². The lowest BCUT2D eigenvalue weighted by Crippen LogP contribution is -2.33. The summed E-state index contributed by atoms with van der Waals surface area (Å²) in [5.41, 5.74) is 0.594. The smallest absolute Gasteiger partial charge is 0.0251 e. The third-order valence-corrected chi connectivity index (χ3v) is 6.04. The van der Waals surface area contributed by atoms with Crippen LogP contribution >= 0.6 is 0 Å². The van der Waals surface area contributed by atoms with Gasteiger partial charge in [-0.2, -0.15) is 0 Å². The quantitative estimate of drug-likeness (QED) is 0.266. The molecule has 0 atom stereocenters. The third kappa shape index (κ3) is 8.59. The van der Waals surface area contributed by atoms with Gasteiger partial charge in [-0.25, -0.2) is 0 Å². The highest BCUT2D eigenvalue weighted by Crippen LogP contribution is 2.45. The van der Waals surface area contributed by atoms with Crippen molar-refractivity contribution in [2.75, 3.05) is 0 Å². The maximum Gasteiger partial charge on any atom is -0.0251 e. The summed E-state index contributed by atoms with van der Waals surface area (Å²) < 4.78 is 0. The highest BCUT2D eigenvalue weighted by Gasteiger charge is 2.35. The first-order chi connectivity index (χ1) is 10.5. The lowest BCUT2D eigenvalue weighted by Gasteiger charge is -2.42. The van der Waals surface area contributed by atoms with Gasteiger partial charge in [0.25, 0.3) is 0 Å². The van der Waals surface area contributed by atoms with Gasteiger partial charge in [0.1, 0.15) is 0 Å². The first-order valence-electron chi connectivity index (χ1n) is 10.5. The summed E-state index contributed by atoms with van der Waals surface area (Å²) in [6, 6.07) is 0. The van der Waals surface area contributed by atoms with Crippen LogP contribution in [-0.4, -0.2) is 0 Å². The summed E-state index contributed by atoms with van der Waals surface area (Å²) in [4.78, 5) is 0. The van der Waals surface area contributed by atoms with E-state index in [1.165, 1.54) is 83.5 Å². The van der Waals surface area contributed by atoms with Crippen molar-refractivity contribution in [2.24, 2.45) is 17.3 Å². The van der Waals surface area contributed by atoms with E-state index in [1.54, 1.807) is 0 Å². The molecule has 0 saturated heterocycles. The van der Waals surface area contributed by atoms with Crippen LogP contribution in [0.15, 0.2) is 0 Å². The second-order valence-electron chi connectivity index (χ2n) is 8.22. The Morgan fingerprint density at radius 2 is 0.818 bits per heavy atom. The number of hydrogen-bond donors (Lipinski definition) is 0. The average Bonchev–Trinajstić information content (AvgIpc) is 2.47. The molecule has 134 valence electrons. The standard InChI is InChI=1S/C22H46/c1-7-9-11-13-14-15-17-19-22(20(3)4,21(5)6)18-16-12-10-8-2/h20-21H,7-19H2,1-6H3. The minimum absolute atomic E-state index is 0.594. The molecule has 0 aliphatic carbocycles. The zero-order valence-corrected chi connectivity index (χ0v) is 16.8. The Morgan fingerprint density at radius 3 is 1.18 bits per heavy atom. The van der Waals surface area contributed by atoms with Crippen LogP contribution in [0.5, 0.6) is 0 Å². The van der Waals surface area contributed by atoms with Crippen molar-refractivity contribution in [2.45, 2.75) is 125 Å². The Kier molecular flexibility index (Phi) is 13.4. The van der Waals surface area contributed by atoms with Gasteiger partial charge in [-0.3, -0.25) is 0 Å². The first kappa shape index (κ1) is 22.0. The molecule has 0 radical (unpaired) electrons. The van der Waals surface area contributed by atoms with Crippen molar-refractivity contribution in [3.05, 3.63) is 0 Å². The molecule has 0 amide bonds. The highest BCUT2D eigenvalue weighted by atomic mass is 14.4. The lowest BCUT2D eigenvalue weighted by molar-refractivity contribution is 0.0775. The van der Waals surface area contributed by atoms with Gasteiger partial charge >= 0.3 is 0 Å². The average molecular weight is 311 g/mol. The zero-order valence-electron chi connectivity index (χ0n) is 16.8. The molecule has 0 heterocycles. The van der Waals surface area contributed by atoms with Crippen molar-refractivity contribution in [1.29, 1.82) is 0 Å². The molecule has 0 aliphatic heterocycles. The van der Waals surface area contributed by atoms with Gasteiger partial charge in [-0.1, -0.05) is 112 Å². The molecule has 0 aromatic rings. The van der Waals surface area contributed by atoms with E-state index < -0.39 is 0 Å². The number of hydrogen-bond acceptors (Lipinski definition) is 0. The van der Waals surface area contributed by atoms with Gasteiger partial charge in [-0.15, -0.1) is 0 Å². The van der Waals surface area contributed by atoms with Crippen LogP contribution < -0.4 is 0 Å². The normalized spacial score (nSPS) is 12.5. The van der Waals surface area contributed by atoms with Gasteiger partial charge in [0.2, 0.25) is 0 Å². The molecule has 0 spiro atoms. The Hall–Kier alpha value is 0. The molecule has 0 nitrogen and oxygen atoms in total. The fourth-order valence-corrected chi connectivity index (χ4v) is 4.24. The van der Waals surface area contributed by atoms with Crippen LogP contribution in [0, 0.1) is 17.3 Å². The van der Waals surface area contributed by atoms with Crippen LogP contribution in [-0.2, 0) is 0 Å². The van der Waals surface area contributed by atoms with Crippen molar-refractivity contribution >= 4 is 0 Å². The first-order valence-corrected chi connectivity index (χ1v) is 10.5. The van der Waals surface area contributed by atoms with E-state index in [1.807, 2.05) is 0 Å². The topological polar surface area (TPSA) is 0 Å². The molecule has 0 unspecified atom stereocenters. The van der Waals surface area contributed by atoms with Gasteiger partial charge in [0.15, 0.2) is 0 Å². The Labute approximate surface area is 142 Å². The maximum absolute atomic E-state index is 2.47. The van der Waals surface area contributed by atoms with E-state index >= 15 is 0 Å². The number of rotatable bonds is 15. The van der Waals surface area contributed by atoms with Crippen molar-refractivity contribution in [3.63, 3.8) is 0 Å². The Morgan fingerprint density at radius 1 is 0.500 bits per heavy atom. The molecule has 0 bridgehead atoms. The molecular weight excluding hydrogens is 264 g/mol. The molecule has 0 aromatic carbocycles. The van der Waals surface area contributed by atoms with Gasteiger partial charge in [-0.05, 0) is 30.1 Å². The monoisotopic (exact) mass is 310 g/mol. The maximum atomic E-state index is 2.47. The highest BCUT2D eigenvalue weighted by molar-refractivity contribution is 4.85. The summed E-state index contributed by atoms with van der Waals surface area (Å²) in [6.07, 6.45) is 18.7. The predicted molar refractivity (Wildman–Crippen MR) is 103 cm³/mol. The molecule has 0 aromatic heterocycles. The van der Waals surface area contributed by atoms with E-state index in [2.05, 4.69) is 41.5 Å². The minimum atomic E-state index is 0.594. The predicted octanol–water partition coefficient (Wildman–Crippen LogP) is 8.40. The van der Waals surface area contributed by atoms with Crippen molar-refractivity contribution in [1.82, 2.24) is 0 Å². The Balaban J connectivity index is 4.22. The molecule has 0 fully saturated rings. The largest absolute Gasteiger partial charge is 0.0654 e. The molecule has 0 heteroatoms. The van der Waals surface area contributed by atoms with Crippen LogP contribution in [0.3, 0.4) is 0 Å². The van der Waals surface area contributed by atoms with Crippen LogP contribution in [0.1, 0.15) is 125 Å². The van der Waals surface area contributed by atoms with E-state index in [-0.39, 0.29) is 0 Å². The summed E-state index contributed by atoms with van der Waals surface area (Å²) >= 11 is 0. The zero-order chi connectivity index (χ0) is 16.8. The molecule has 22 heavy (non-hydrogen) atoms. The van der Waals surface area contributed by atoms with E-state index in [4.69, 9.17) is 0 Å². The van der Waals surface area contributed by atoms with Crippen LogP contribution in [0.4, 0.5) is 0 Å². The van der Waals surface area contributed by atoms with Gasteiger partial charge < -0.3 is 0 Å². The Bertz CT molecular complexity index is 218. The van der Waals surface area contributed by atoms with E-state index in [9.17, 15) is 0 Å². The molecular formula is C22H46. The molecule has 0 saturated carbocycles. The molecule has 0 aliphatic rings. The minimum Gasteiger partial charge on any atom is -0.0654 e. The van der Waals surface area contributed by atoms with E-state index in [0.29, 0.717) is 5.41 Å². The second kappa shape index (κ2) is 13.4. The summed E-state index contributed by atoms with van der Waals surface area (Å²) in [6.45, 7) is 14.5. The van der Waals surface area contributed by atoms with Gasteiger partial charge in [0.05, 0.1) is 0 Å². The van der Waals surface area contributed by atoms with Crippen LogP contribution in [0.2, 0.25) is 0 Å². The fourth-order valence-electron chi connectivity index (χ4n) is 4.24. The summed E-state index contributed by atoms with van der Waals surface area (Å²) in [5, 5.41) is 0. The third-order valence-electron chi connectivity index (χ3n) is 6.04. The van der Waals surface area contributed by atoms with E-state index in [0.717, 1.165) is 11.8 Å². The number of unbranched alkanes of at least 4 members (excludes halogenated alkanes) is 9. The molecule has 0 rings (SSSR count).